The van der Waals surface area contributed by atoms with E-state index in [0.717, 1.165) is 0 Å². The minimum atomic E-state index is -0.436. The van der Waals surface area contributed by atoms with Crippen LogP contribution in [0.25, 0.3) is 27.8 Å². The van der Waals surface area contributed by atoms with E-state index in [4.69, 9.17) is 0 Å². The SMILES string of the molecule is Cc1cc2nc(CNc3ncnc4nc[nH]c34)n(-c3ccccc3)c(=O)c2cc1F. The highest BCUT2D eigenvalue weighted by Gasteiger charge is 2.15. The van der Waals surface area contributed by atoms with Gasteiger partial charge in [0.25, 0.3) is 5.56 Å². The molecule has 0 saturated carbocycles. The van der Waals surface area contributed by atoms with Crippen molar-refractivity contribution in [3.63, 3.8) is 0 Å². The van der Waals surface area contributed by atoms with Crippen LogP contribution in [0.1, 0.15) is 11.4 Å². The molecule has 0 unspecified atom stereocenters. The van der Waals surface area contributed by atoms with Crippen LogP contribution in [0, 0.1) is 12.7 Å². The van der Waals surface area contributed by atoms with E-state index < -0.39 is 5.82 Å². The van der Waals surface area contributed by atoms with E-state index in [9.17, 15) is 9.18 Å². The van der Waals surface area contributed by atoms with Crippen molar-refractivity contribution < 1.29 is 4.39 Å². The van der Waals surface area contributed by atoms with Gasteiger partial charge in [0.15, 0.2) is 11.5 Å². The van der Waals surface area contributed by atoms with Crippen molar-refractivity contribution in [1.29, 1.82) is 0 Å². The van der Waals surface area contributed by atoms with Gasteiger partial charge in [-0.2, -0.15) is 0 Å². The number of aromatic amines is 1. The van der Waals surface area contributed by atoms with E-state index in [-0.39, 0.29) is 17.5 Å². The van der Waals surface area contributed by atoms with E-state index in [1.165, 1.54) is 23.3 Å². The van der Waals surface area contributed by atoms with Gasteiger partial charge in [-0.25, -0.2) is 24.3 Å². The molecule has 0 saturated heterocycles. The van der Waals surface area contributed by atoms with Crippen molar-refractivity contribution in [2.24, 2.45) is 0 Å². The number of nitrogens with zero attached hydrogens (tertiary/aromatic N) is 5. The Kier molecular flexibility index (Phi) is 4.20. The van der Waals surface area contributed by atoms with E-state index in [1.807, 2.05) is 18.2 Å². The average molecular weight is 401 g/mol. The first-order valence-corrected chi connectivity index (χ1v) is 9.27. The van der Waals surface area contributed by atoms with Gasteiger partial charge in [-0.3, -0.25) is 9.36 Å². The van der Waals surface area contributed by atoms with Crippen LogP contribution in [0.15, 0.2) is 59.9 Å². The number of aryl methyl sites for hydroxylation is 1. The Morgan fingerprint density at radius 3 is 2.80 bits per heavy atom. The van der Waals surface area contributed by atoms with Crippen molar-refractivity contribution in [3.8, 4) is 5.69 Å². The van der Waals surface area contributed by atoms with Crippen LogP contribution in [-0.4, -0.2) is 29.5 Å². The molecule has 2 aromatic carbocycles. The Morgan fingerprint density at radius 2 is 1.97 bits per heavy atom. The third-order valence-corrected chi connectivity index (χ3v) is 4.87. The molecule has 0 aliphatic heterocycles. The van der Waals surface area contributed by atoms with Gasteiger partial charge in [0.05, 0.1) is 29.5 Å². The fraction of sp³-hybridized carbons (Fsp3) is 0.0952. The average Bonchev–Trinajstić information content (AvgIpc) is 3.24. The molecule has 0 amide bonds. The second kappa shape index (κ2) is 7.03. The van der Waals surface area contributed by atoms with E-state index in [0.29, 0.717) is 39.6 Å². The monoisotopic (exact) mass is 401 g/mol. The molecule has 5 aromatic rings. The molecule has 5 rings (SSSR count). The van der Waals surface area contributed by atoms with E-state index in [1.54, 1.807) is 25.1 Å². The molecule has 3 heterocycles. The molecule has 0 spiro atoms. The van der Waals surface area contributed by atoms with Crippen LogP contribution in [0.2, 0.25) is 0 Å². The summed E-state index contributed by atoms with van der Waals surface area (Å²) in [7, 11) is 0. The summed E-state index contributed by atoms with van der Waals surface area (Å²) in [5.41, 5.74) is 2.37. The summed E-state index contributed by atoms with van der Waals surface area (Å²) in [4.78, 5) is 33.4. The Bertz CT molecular complexity index is 1440. The second-order valence-corrected chi connectivity index (χ2v) is 6.80. The summed E-state index contributed by atoms with van der Waals surface area (Å²) in [6.45, 7) is 1.86. The number of benzene rings is 2. The highest BCUT2D eigenvalue weighted by Crippen LogP contribution is 2.19. The van der Waals surface area contributed by atoms with Crippen molar-refractivity contribution in [3.05, 3.63) is 82.7 Å². The zero-order valence-electron chi connectivity index (χ0n) is 15.9. The van der Waals surface area contributed by atoms with E-state index in [2.05, 4.69) is 30.2 Å². The predicted octanol–water partition coefficient (Wildman–Crippen LogP) is 3.11. The van der Waals surface area contributed by atoms with Gasteiger partial charge >= 0.3 is 0 Å². The molecule has 2 N–H and O–H groups in total. The van der Waals surface area contributed by atoms with Gasteiger partial charge in [-0.15, -0.1) is 0 Å². The molecule has 0 radical (unpaired) electrons. The van der Waals surface area contributed by atoms with Gasteiger partial charge in [0.1, 0.15) is 23.5 Å². The van der Waals surface area contributed by atoms with Crippen LogP contribution in [0.3, 0.4) is 0 Å². The topological polar surface area (TPSA) is 101 Å². The third kappa shape index (κ3) is 2.96. The first-order chi connectivity index (χ1) is 14.6. The van der Waals surface area contributed by atoms with Gasteiger partial charge in [0, 0.05) is 0 Å². The number of hydrogen-bond donors (Lipinski definition) is 2. The van der Waals surface area contributed by atoms with Crippen molar-refractivity contribution in [2.45, 2.75) is 13.5 Å². The minimum Gasteiger partial charge on any atom is -0.361 e. The molecule has 0 aliphatic carbocycles. The molecule has 0 bridgehead atoms. The summed E-state index contributed by atoms with van der Waals surface area (Å²) in [6.07, 6.45) is 2.95. The molecule has 0 aliphatic rings. The smallest absolute Gasteiger partial charge is 0.266 e. The lowest BCUT2D eigenvalue weighted by atomic mass is 10.1. The maximum atomic E-state index is 14.1. The van der Waals surface area contributed by atoms with Gasteiger partial charge in [0.2, 0.25) is 0 Å². The quantitative estimate of drug-likeness (QED) is 0.480. The number of anilines is 1. The number of fused-ring (bicyclic) bond motifs is 2. The van der Waals surface area contributed by atoms with Gasteiger partial charge < -0.3 is 10.3 Å². The highest BCUT2D eigenvalue weighted by molar-refractivity contribution is 5.82. The van der Waals surface area contributed by atoms with Gasteiger partial charge in [-0.1, -0.05) is 18.2 Å². The molecular formula is C21H16FN7O. The normalized spacial score (nSPS) is 11.3. The zero-order valence-corrected chi connectivity index (χ0v) is 15.9. The van der Waals surface area contributed by atoms with Crippen LogP contribution < -0.4 is 10.9 Å². The molecular weight excluding hydrogens is 385 g/mol. The number of halogens is 1. The Balaban J connectivity index is 1.67. The molecule has 30 heavy (non-hydrogen) atoms. The summed E-state index contributed by atoms with van der Waals surface area (Å²) in [5.74, 6) is 0.576. The second-order valence-electron chi connectivity index (χ2n) is 6.80. The third-order valence-electron chi connectivity index (χ3n) is 4.87. The molecule has 148 valence electrons. The largest absolute Gasteiger partial charge is 0.361 e. The summed E-state index contributed by atoms with van der Waals surface area (Å²) >= 11 is 0. The van der Waals surface area contributed by atoms with Crippen LogP contribution in [0.4, 0.5) is 10.2 Å². The first kappa shape index (κ1) is 17.9. The van der Waals surface area contributed by atoms with Crippen LogP contribution in [0.5, 0.6) is 0 Å². The predicted molar refractivity (Wildman–Crippen MR) is 111 cm³/mol. The standard InChI is InChI=1S/C21H16FN7O/c1-12-7-16-14(8-15(12)22)21(30)29(13-5-3-2-4-6-13)17(28-16)9-23-19-18-20(25-10-24-18)27-11-26-19/h2-8,10-11H,9H2,1H3,(H2,23,24,25,26,27). The summed E-state index contributed by atoms with van der Waals surface area (Å²) in [5, 5.41) is 3.43. The summed E-state index contributed by atoms with van der Waals surface area (Å²) in [6, 6.07) is 12.0. The van der Waals surface area contributed by atoms with Crippen LogP contribution in [-0.2, 0) is 6.54 Å². The fourth-order valence-electron chi connectivity index (χ4n) is 3.38. The van der Waals surface area contributed by atoms with Crippen molar-refractivity contribution >= 4 is 27.9 Å². The maximum Gasteiger partial charge on any atom is 0.266 e. The molecule has 3 aromatic heterocycles. The Morgan fingerprint density at radius 1 is 1.13 bits per heavy atom. The Hall–Kier alpha value is -4.14. The van der Waals surface area contributed by atoms with Gasteiger partial charge in [-0.05, 0) is 36.8 Å². The molecule has 0 atom stereocenters. The first-order valence-electron chi connectivity index (χ1n) is 9.27. The maximum absolute atomic E-state index is 14.1. The van der Waals surface area contributed by atoms with Crippen molar-refractivity contribution in [1.82, 2.24) is 29.5 Å². The lowest BCUT2D eigenvalue weighted by Crippen LogP contribution is -2.25. The zero-order chi connectivity index (χ0) is 20.7. The number of nitrogens with one attached hydrogen (secondary N) is 2. The lowest BCUT2D eigenvalue weighted by molar-refractivity contribution is 0.620. The number of rotatable bonds is 4. The number of H-pyrrole nitrogens is 1. The minimum absolute atomic E-state index is 0.210. The molecule has 0 fully saturated rings. The lowest BCUT2D eigenvalue weighted by Gasteiger charge is -2.15. The number of hydrogen-bond acceptors (Lipinski definition) is 6. The fourth-order valence-corrected chi connectivity index (χ4v) is 3.38. The molecule has 8 nitrogen and oxygen atoms in total. The molecule has 9 heteroatoms. The number of para-hydroxylation sites is 1. The summed E-state index contributed by atoms with van der Waals surface area (Å²) < 4.78 is 15.6. The highest BCUT2D eigenvalue weighted by atomic mass is 19.1. The Labute approximate surface area is 169 Å². The van der Waals surface area contributed by atoms with Crippen molar-refractivity contribution in [2.75, 3.05) is 5.32 Å². The van der Waals surface area contributed by atoms with E-state index >= 15 is 0 Å². The number of aromatic nitrogens is 6. The van der Waals surface area contributed by atoms with Crippen LogP contribution >= 0.6 is 0 Å². The number of imidazole rings is 1.